The van der Waals surface area contributed by atoms with Gasteiger partial charge < -0.3 is 9.84 Å². The molecule has 1 aromatic carbocycles. The normalized spacial score (nSPS) is 17.7. The van der Waals surface area contributed by atoms with Crippen LogP contribution in [0.3, 0.4) is 0 Å². The van der Waals surface area contributed by atoms with Gasteiger partial charge in [-0.3, -0.25) is 0 Å². The number of hydrogen-bond donors (Lipinski definition) is 1. The van der Waals surface area contributed by atoms with Gasteiger partial charge in [-0.05, 0) is 34.8 Å². The van der Waals surface area contributed by atoms with Crippen molar-refractivity contribution in [1.82, 2.24) is 0 Å². The van der Waals surface area contributed by atoms with Crippen molar-refractivity contribution in [2.24, 2.45) is 0 Å². The van der Waals surface area contributed by atoms with Gasteiger partial charge in [0, 0.05) is 5.56 Å². The molecule has 0 bridgehead atoms. The fraction of sp³-hybridized carbons (Fsp3) is 0.400. The first-order valence-electron chi connectivity index (χ1n) is 4.44. The maximum atomic E-state index is 13.7. The number of hydrogen-bond acceptors (Lipinski definition) is 2. The maximum absolute atomic E-state index is 13.7. The zero-order valence-corrected chi connectivity index (χ0v) is 9.57. The van der Waals surface area contributed by atoms with E-state index < -0.39 is 23.0 Å². The van der Waals surface area contributed by atoms with Crippen LogP contribution in [0.15, 0.2) is 10.5 Å². The number of rotatable bonds is 2. The summed E-state index contributed by atoms with van der Waals surface area (Å²) in [5.74, 6) is -2.07. The summed E-state index contributed by atoms with van der Waals surface area (Å²) in [6.45, 7) is 0. The molecule has 1 N–H and O–H groups in total. The fourth-order valence-electron chi connectivity index (χ4n) is 1.49. The molecule has 2 nitrogen and oxygen atoms in total. The van der Waals surface area contributed by atoms with Crippen molar-refractivity contribution in [2.45, 2.75) is 18.4 Å². The highest BCUT2D eigenvalue weighted by molar-refractivity contribution is 9.10. The second-order valence-corrected chi connectivity index (χ2v) is 4.45. The van der Waals surface area contributed by atoms with Crippen molar-refractivity contribution >= 4 is 15.9 Å². The number of methoxy groups -OCH3 is 1. The number of ether oxygens (including phenoxy) is 1. The summed E-state index contributed by atoms with van der Waals surface area (Å²) < 4.78 is 31.8. The molecule has 82 valence electrons. The van der Waals surface area contributed by atoms with Crippen LogP contribution in [-0.2, 0) is 5.60 Å². The molecule has 2 rings (SSSR count). The van der Waals surface area contributed by atoms with Gasteiger partial charge in [-0.1, -0.05) is 0 Å². The monoisotopic (exact) mass is 278 g/mol. The molecule has 1 fully saturated rings. The van der Waals surface area contributed by atoms with E-state index >= 15 is 0 Å². The second kappa shape index (κ2) is 3.42. The van der Waals surface area contributed by atoms with Crippen molar-refractivity contribution in [3.05, 3.63) is 27.7 Å². The van der Waals surface area contributed by atoms with E-state index in [1.165, 1.54) is 13.2 Å². The lowest BCUT2D eigenvalue weighted by Crippen LogP contribution is -2.10. The van der Waals surface area contributed by atoms with Crippen molar-refractivity contribution in [3.8, 4) is 5.75 Å². The Kier molecular flexibility index (Phi) is 2.47. The maximum Gasteiger partial charge on any atom is 0.191 e. The molecule has 1 aromatic rings. The van der Waals surface area contributed by atoms with E-state index in [0.717, 1.165) is 0 Å². The Bertz CT molecular complexity index is 416. The summed E-state index contributed by atoms with van der Waals surface area (Å²) in [5.41, 5.74) is -1.05. The van der Waals surface area contributed by atoms with Crippen LogP contribution < -0.4 is 4.74 Å². The highest BCUT2D eigenvalue weighted by Crippen LogP contribution is 2.49. The molecule has 0 atom stereocenters. The standard InChI is InChI=1S/C10H9BrF2O2/c1-15-9-7(12)5(10(14)2-3-10)4-6(11)8(9)13/h4,14H,2-3H2,1H3. The molecule has 15 heavy (non-hydrogen) atoms. The lowest BCUT2D eigenvalue weighted by atomic mass is 10.1. The Morgan fingerprint density at radius 3 is 2.47 bits per heavy atom. The third kappa shape index (κ3) is 1.63. The van der Waals surface area contributed by atoms with Gasteiger partial charge in [0.1, 0.15) is 0 Å². The number of halogens is 3. The van der Waals surface area contributed by atoms with E-state index in [4.69, 9.17) is 0 Å². The molecule has 1 aliphatic carbocycles. The van der Waals surface area contributed by atoms with E-state index in [0.29, 0.717) is 12.8 Å². The average Bonchev–Trinajstić information content (AvgIpc) is 2.92. The lowest BCUT2D eigenvalue weighted by molar-refractivity contribution is 0.145. The van der Waals surface area contributed by atoms with Gasteiger partial charge in [-0.25, -0.2) is 8.78 Å². The van der Waals surface area contributed by atoms with Crippen LogP contribution in [0.5, 0.6) is 5.75 Å². The fourth-order valence-corrected chi connectivity index (χ4v) is 1.90. The van der Waals surface area contributed by atoms with Crippen LogP contribution in [0, 0.1) is 11.6 Å². The minimum Gasteiger partial charge on any atom is -0.491 e. The summed E-state index contributed by atoms with van der Waals surface area (Å²) in [4.78, 5) is 0. The third-order valence-electron chi connectivity index (χ3n) is 2.55. The van der Waals surface area contributed by atoms with Gasteiger partial charge in [-0.2, -0.15) is 0 Å². The van der Waals surface area contributed by atoms with Crippen LogP contribution >= 0.6 is 15.9 Å². The van der Waals surface area contributed by atoms with Gasteiger partial charge in [-0.15, -0.1) is 0 Å². The van der Waals surface area contributed by atoms with Crippen molar-refractivity contribution in [2.75, 3.05) is 7.11 Å². The minimum atomic E-state index is -1.15. The molecule has 0 heterocycles. The quantitative estimate of drug-likeness (QED) is 0.843. The molecule has 1 saturated carbocycles. The topological polar surface area (TPSA) is 29.5 Å². The molecule has 5 heteroatoms. The highest BCUT2D eigenvalue weighted by atomic mass is 79.9. The minimum absolute atomic E-state index is 0.0904. The van der Waals surface area contributed by atoms with Crippen LogP contribution in [0.25, 0.3) is 0 Å². The predicted octanol–water partition coefficient (Wildman–Crippen LogP) is 2.72. The Hall–Kier alpha value is -0.680. The first-order chi connectivity index (χ1) is 6.99. The largest absolute Gasteiger partial charge is 0.491 e. The zero-order valence-electron chi connectivity index (χ0n) is 7.98. The Labute approximate surface area is 94.0 Å². The third-order valence-corrected chi connectivity index (χ3v) is 3.12. The molecule has 0 unspecified atom stereocenters. The molecule has 0 amide bonds. The Morgan fingerprint density at radius 1 is 1.40 bits per heavy atom. The van der Waals surface area contributed by atoms with Gasteiger partial charge in [0.2, 0.25) is 0 Å². The Morgan fingerprint density at radius 2 is 2.00 bits per heavy atom. The van der Waals surface area contributed by atoms with Crippen molar-refractivity contribution in [1.29, 1.82) is 0 Å². The predicted molar refractivity (Wildman–Crippen MR) is 53.7 cm³/mol. The lowest BCUT2D eigenvalue weighted by Gasteiger charge is -2.13. The van der Waals surface area contributed by atoms with Crippen molar-refractivity contribution in [3.63, 3.8) is 0 Å². The van der Waals surface area contributed by atoms with E-state index in [1.807, 2.05) is 0 Å². The molecule has 0 spiro atoms. The average molecular weight is 279 g/mol. The smallest absolute Gasteiger partial charge is 0.191 e. The number of benzene rings is 1. The zero-order chi connectivity index (χ0) is 11.2. The first kappa shape index (κ1) is 10.8. The van der Waals surface area contributed by atoms with E-state index in [-0.39, 0.29) is 10.0 Å². The van der Waals surface area contributed by atoms with E-state index in [9.17, 15) is 13.9 Å². The summed E-state index contributed by atoms with van der Waals surface area (Å²) in [5, 5.41) is 9.78. The molecule has 1 aliphatic rings. The summed E-state index contributed by atoms with van der Waals surface area (Å²) in [7, 11) is 1.19. The molecule has 0 radical (unpaired) electrons. The van der Waals surface area contributed by atoms with Gasteiger partial charge in [0.25, 0.3) is 0 Å². The summed E-state index contributed by atoms with van der Waals surface area (Å²) in [6, 6.07) is 1.26. The second-order valence-electron chi connectivity index (χ2n) is 3.60. The first-order valence-corrected chi connectivity index (χ1v) is 5.23. The molecular formula is C10H9BrF2O2. The van der Waals surface area contributed by atoms with Gasteiger partial charge in [0.05, 0.1) is 17.2 Å². The molecule has 0 aliphatic heterocycles. The van der Waals surface area contributed by atoms with E-state index in [2.05, 4.69) is 20.7 Å². The van der Waals surface area contributed by atoms with Crippen molar-refractivity contribution < 1.29 is 18.6 Å². The van der Waals surface area contributed by atoms with Gasteiger partial charge in [0.15, 0.2) is 17.4 Å². The Balaban J connectivity index is 2.62. The summed E-state index contributed by atoms with van der Waals surface area (Å²) >= 11 is 2.96. The van der Waals surface area contributed by atoms with Crippen LogP contribution in [0.1, 0.15) is 18.4 Å². The summed E-state index contributed by atoms with van der Waals surface area (Å²) in [6.07, 6.45) is 0.982. The number of aliphatic hydroxyl groups is 1. The van der Waals surface area contributed by atoms with Gasteiger partial charge >= 0.3 is 0 Å². The van der Waals surface area contributed by atoms with Crippen LogP contribution in [0.4, 0.5) is 8.78 Å². The highest BCUT2D eigenvalue weighted by Gasteiger charge is 2.45. The van der Waals surface area contributed by atoms with Crippen LogP contribution in [-0.4, -0.2) is 12.2 Å². The van der Waals surface area contributed by atoms with E-state index in [1.54, 1.807) is 0 Å². The molecular weight excluding hydrogens is 270 g/mol. The van der Waals surface area contributed by atoms with Crippen LogP contribution in [0.2, 0.25) is 0 Å². The molecule has 0 saturated heterocycles. The molecule has 0 aromatic heterocycles. The SMILES string of the molecule is COc1c(F)c(Br)cc(C2(O)CC2)c1F.